The van der Waals surface area contributed by atoms with Crippen molar-refractivity contribution in [1.29, 1.82) is 0 Å². The van der Waals surface area contributed by atoms with Crippen LogP contribution in [0.15, 0.2) is 24.3 Å². The Labute approximate surface area is 102 Å². The Kier molecular flexibility index (Phi) is 5.94. The molecule has 3 heteroatoms. The first-order chi connectivity index (χ1) is 7.74. The van der Waals surface area contributed by atoms with Crippen LogP contribution in [0, 0.1) is 0 Å². The Morgan fingerprint density at radius 2 is 1.88 bits per heavy atom. The molecular weight excluding hydrogens is 224 g/mol. The maximum absolute atomic E-state index is 11.5. The number of ether oxygens (including phenoxy) is 1. The first-order valence-corrected chi connectivity index (χ1v) is 6.04. The molecule has 0 unspecified atom stereocenters. The number of rotatable bonds is 6. The smallest absolute Gasteiger partial charge is 0.338 e. The van der Waals surface area contributed by atoms with Crippen LogP contribution in [-0.4, -0.2) is 12.6 Å². The van der Waals surface area contributed by atoms with Crippen molar-refractivity contribution in [1.82, 2.24) is 0 Å². The van der Waals surface area contributed by atoms with Crippen molar-refractivity contribution >= 4 is 17.6 Å². The van der Waals surface area contributed by atoms with E-state index in [0.717, 1.165) is 12.8 Å². The highest BCUT2D eigenvalue weighted by atomic mass is 35.5. The number of hydrogen-bond donors (Lipinski definition) is 0. The minimum absolute atomic E-state index is 0.270. The number of hydrogen-bond acceptors (Lipinski definition) is 2. The molecule has 0 aromatic heterocycles. The topological polar surface area (TPSA) is 26.3 Å². The fourth-order valence-electron chi connectivity index (χ4n) is 1.36. The van der Waals surface area contributed by atoms with E-state index in [9.17, 15) is 4.79 Å². The highest BCUT2D eigenvalue weighted by molar-refractivity contribution is 6.30. The highest BCUT2D eigenvalue weighted by Gasteiger charge is 2.05. The van der Waals surface area contributed by atoms with Gasteiger partial charge in [0.15, 0.2) is 0 Å². The van der Waals surface area contributed by atoms with Gasteiger partial charge in [0.25, 0.3) is 0 Å². The van der Waals surface area contributed by atoms with Crippen LogP contribution in [-0.2, 0) is 4.74 Å². The summed E-state index contributed by atoms with van der Waals surface area (Å²) in [5, 5.41) is 0.625. The van der Waals surface area contributed by atoms with Gasteiger partial charge in [-0.05, 0) is 30.7 Å². The van der Waals surface area contributed by atoms with Gasteiger partial charge in [-0.25, -0.2) is 4.79 Å². The number of carbonyl (C=O) groups is 1. The monoisotopic (exact) mass is 240 g/mol. The number of benzene rings is 1. The Morgan fingerprint density at radius 3 is 2.50 bits per heavy atom. The molecule has 0 aliphatic heterocycles. The second kappa shape index (κ2) is 7.29. The maximum atomic E-state index is 11.5. The van der Waals surface area contributed by atoms with Crippen molar-refractivity contribution < 1.29 is 9.53 Å². The molecule has 0 aliphatic rings. The molecule has 0 aliphatic carbocycles. The van der Waals surface area contributed by atoms with Gasteiger partial charge in [0.05, 0.1) is 12.2 Å². The summed E-state index contributed by atoms with van der Waals surface area (Å²) in [5.74, 6) is -0.270. The maximum Gasteiger partial charge on any atom is 0.338 e. The van der Waals surface area contributed by atoms with E-state index in [0.29, 0.717) is 17.2 Å². The van der Waals surface area contributed by atoms with Gasteiger partial charge in [-0.2, -0.15) is 0 Å². The van der Waals surface area contributed by atoms with Gasteiger partial charge in [0.2, 0.25) is 0 Å². The van der Waals surface area contributed by atoms with Crippen LogP contribution in [0.4, 0.5) is 0 Å². The fraction of sp³-hybridized carbons (Fsp3) is 0.462. The summed E-state index contributed by atoms with van der Waals surface area (Å²) >= 11 is 5.73. The summed E-state index contributed by atoms with van der Waals surface area (Å²) in [4.78, 5) is 11.5. The van der Waals surface area contributed by atoms with Crippen LogP contribution < -0.4 is 0 Å². The van der Waals surface area contributed by atoms with Gasteiger partial charge in [0.1, 0.15) is 0 Å². The van der Waals surface area contributed by atoms with Crippen LogP contribution in [0.25, 0.3) is 0 Å². The quantitative estimate of drug-likeness (QED) is 0.553. The Hall–Kier alpha value is -1.02. The molecule has 16 heavy (non-hydrogen) atoms. The van der Waals surface area contributed by atoms with Crippen molar-refractivity contribution in [2.45, 2.75) is 32.6 Å². The standard InChI is InChI=1S/C13H17ClO2/c1-2-3-4-5-10-16-13(15)11-6-8-12(14)9-7-11/h6-9H,2-5,10H2,1H3. The zero-order valence-electron chi connectivity index (χ0n) is 9.54. The SMILES string of the molecule is CCCCCCOC(=O)c1ccc(Cl)cc1. The summed E-state index contributed by atoms with van der Waals surface area (Å²) in [5.41, 5.74) is 0.555. The van der Waals surface area contributed by atoms with Crippen LogP contribution in [0.2, 0.25) is 5.02 Å². The highest BCUT2D eigenvalue weighted by Crippen LogP contribution is 2.10. The molecule has 0 fully saturated rings. The predicted octanol–water partition coefficient (Wildman–Crippen LogP) is 4.08. The molecule has 88 valence electrons. The lowest BCUT2D eigenvalue weighted by Crippen LogP contribution is -2.06. The van der Waals surface area contributed by atoms with Crippen LogP contribution in [0.3, 0.4) is 0 Å². The van der Waals surface area contributed by atoms with Crippen LogP contribution in [0.5, 0.6) is 0 Å². The molecule has 0 spiro atoms. The third-order valence-electron chi connectivity index (χ3n) is 2.31. The summed E-state index contributed by atoms with van der Waals surface area (Å²) in [6.07, 6.45) is 4.43. The third kappa shape index (κ3) is 4.67. The van der Waals surface area contributed by atoms with Crippen molar-refractivity contribution in [3.63, 3.8) is 0 Å². The average Bonchev–Trinajstić information content (AvgIpc) is 2.29. The van der Waals surface area contributed by atoms with Gasteiger partial charge in [-0.3, -0.25) is 0 Å². The second-order valence-corrected chi connectivity index (χ2v) is 4.14. The third-order valence-corrected chi connectivity index (χ3v) is 2.56. The molecule has 0 atom stereocenters. The van der Waals surface area contributed by atoms with E-state index in [-0.39, 0.29) is 5.97 Å². The zero-order chi connectivity index (χ0) is 11.8. The molecule has 0 radical (unpaired) electrons. The van der Waals surface area contributed by atoms with Gasteiger partial charge in [-0.1, -0.05) is 37.8 Å². The molecule has 0 amide bonds. The molecule has 0 saturated heterocycles. The summed E-state index contributed by atoms with van der Waals surface area (Å²) in [6.45, 7) is 2.65. The Bertz CT molecular complexity index is 319. The summed E-state index contributed by atoms with van der Waals surface area (Å²) in [7, 11) is 0. The van der Waals surface area contributed by atoms with Gasteiger partial charge in [0, 0.05) is 5.02 Å². The van der Waals surface area contributed by atoms with E-state index in [1.54, 1.807) is 24.3 Å². The lowest BCUT2D eigenvalue weighted by Gasteiger charge is -2.04. The molecule has 0 saturated carbocycles. The predicted molar refractivity (Wildman–Crippen MR) is 65.9 cm³/mol. The molecule has 0 N–H and O–H groups in total. The largest absolute Gasteiger partial charge is 0.462 e. The minimum Gasteiger partial charge on any atom is -0.462 e. The molecule has 0 heterocycles. The molecule has 1 aromatic rings. The van der Waals surface area contributed by atoms with E-state index < -0.39 is 0 Å². The lowest BCUT2D eigenvalue weighted by molar-refractivity contribution is 0.0498. The number of carbonyl (C=O) groups excluding carboxylic acids is 1. The Balaban J connectivity index is 2.27. The van der Waals surface area contributed by atoms with Crippen LogP contribution in [0.1, 0.15) is 43.0 Å². The molecule has 2 nitrogen and oxygen atoms in total. The van der Waals surface area contributed by atoms with Gasteiger partial charge in [-0.15, -0.1) is 0 Å². The lowest BCUT2D eigenvalue weighted by atomic mass is 10.2. The first kappa shape index (κ1) is 13.0. The van der Waals surface area contributed by atoms with E-state index in [1.807, 2.05) is 0 Å². The van der Waals surface area contributed by atoms with E-state index in [4.69, 9.17) is 16.3 Å². The molecule has 1 rings (SSSR count). The fourth-order valence-corrected chi connectivity index (χ4v) is 1.49. The minimum atomic E-state index is -0.270. The normalized spacial score (nSPS) is 10.1. The molecule has 1 aromatic carbocycles. The van der Waals surface area contributed by atoms with E-state index in [2.05, 4.69) is 6.92 Å². The van der Waals surface area contributed by atoms with Gasteiger partial charge >= 0.3 is 5.97 Å². The second-order valence-electron chi connectivity index (χ2n) is 3.70. The number of esters is 1. The van der Waals surface area contributed by atoms with Crippen molar-refractivity contribution in [3.8, 4) is 0 Å². The average molecular weight is 241 g/mol. The van der Waals surface area contributed by atoms with Gasteiger partial charge < -0.3 is 4.74 Å². The summed E-state index contributed by atoms with van der Waals surface area (Å²) in [6, 6.07) is 6.73. The Morgan fingerprint density at radius 1 is 1.19 bits per heavy atom. The van der Waals surface area contributed by atoms with E-state index in [1.165, 1.54) is 12.8 Å². The first-order valence-electron chi connectivity index (χ1n) is 5.66. The van der Waals surface area contributed by atoms with Crippen molar-refractivity contribution in [2.24, 2.45) is 0 Å². The van der Waals surface area contributed by atoms with Crippen molar-refractivity contribution in [3.05, 3.63) is 34.9 Å². The van der Waals surface area contributed by atoms with E-state index >= 15 is 0 Å². The molecular formula is C13H17ClO2. The number of unbranched alkanes of at least 4 members (excludes halogenated alkanes) is 3. The molecule has 0 bridgehead atoms. The number of halogens is 1. The van der Waals surface area contributed by atoms with Crippen molar-refractivity contribution in [2.75, 3.05) is 6.61 Å². The zero-order valence-corrected chi connectivity index (χ0v) is 10.3. The van der Waals surface area contributed by atoms with Crippen LogP contribution >= 0.6 is 11.6 Å². The summed E-state index contributed by atoms with van der Waals surface area (Å²) < 4.78 is 5.13.